The lowest BCUT2D eigenvalue weighted by Crippen LogP contribution is -2.44. The Balaban J connectivity index is 1.93. The van der Waals surface area contributed by atoms with Gasteiger partial charge in [0.15, 0.2) is 0 Å². The maximum atomic E-state index is 9.85. The van der Waals surface area contributed by atoms with Gasteiger partial charge >= 0.3 is 0 Å². The van der Waals surface area contributed by atoms with Crippen LogP contribution in [0.15, 0.2) is 0 Å². The smallest absolute Gasteiger partial charge is 0.0831 e. The van der Waals surface area contributed by atoms with Gasteiger partial charge in [0.25, 0.3) is 0 Å². The van der Waals surface area contributed by atoms with E-state index >= 15 is 0 Å². The number of β-amino-alcohol motifs (C(OH)–C–C–N with tert-alkyl or cyclic N) is 1. The Morgan fingerprint density at radius 2 is 2.13 bits per heavy atom. The highest BCUT2D eigenvalue weighted by Gasteiger charge is 2.33. The predicted octanol–water partition coefficient (Wildman–Crippen LogP) is 0.537. The predicted molar refractivity (Wildman–Crippen MR) is 65.4 cm³/mol. The molecule has 0 amide bonds. The van der Waals surface area contributed by atoms with Crippen molar-refractivity contribution in [2.75, 3.05) is 31.9 Å². The van der Waals surface area contributed by atoms with E-state index in [0.29, 0.717) is 10.8 Å². The minimum absolute atomic E-state index is 0.170. The van der Waals surface area contributed by atoms with Crippen molar-refractivity contribution in [2.24, 2.45) is 0 Å². The molecule has 88 valence electrons. The minimum atomic E-state index is -0.170. The normalized spacial score (nSPS) is 37.8. The third-order valence-electron chi connectivity index (χ3n) is 3.49. The number of hydrogen-bond acceptors (Lipinski definition) is 4. The van der Waals surface area contributed by atoms with Crippen LogP contribution in [0.4, 0.5) is 0 Å². The quantitative estimate of drug-likeness (QED) is 0.689. The van der Waals surface area contributed by atoms with Crippen LogP contribution in [0.25, 0.3) is 0 Å². The number of nitrogens with one attached hydrogen (secondary N) is 1. The van der Waals surface area contributed by atoms with Crippen LogP contribution in [0.2, 0.25) is 0 Å². The lowest BCUT2D eigenvalue weighted by atomic mass is 10.1. The monoisotopic (exact) mass is 230 g/mol. The molecule has 0 radical (unpaired) electrons. The van der Waals surface area contributed by atoms with Crippen molar-refractivity contribution >= 4 is 11.8 Å². The van der Waals surface area contributed by atoms with Crippen LogP contribution in [0.1, 0.15) is 20.3 Å². The van der Waals surface area contributed by atoms with Crippen LogP contribution < -0.4 is 5.32 Å². The summed E-state index contributed by atoms with van der Waals surface area (Å²) in [4.78, 5) is 2.46. The largest absolute Gasteiger partial charge is 0.390 e. The molecule has 2 unspecified atom stereocenters. The molecule has 4 heteroatoms. The van der Waals surface area contributed by atoms with Gasteiger partial charge in [-0.2, -0.15) is 11.8 Å². The number of hydrogen-bond donors (Lipinski definition) is 2. The van der Waals surface area contributed by atoms with Gasteiger partial charge in [-0.15, -0.1) is 0 Å². The zero-order valence-electron chi connectivity index (χ0n) is 9.70. The molecule has 2 heterocycles. The average molecular weight is 230 g/mol. The van der Waals surface area contributed by atoms with Crippen LogP contribution in [-0.2, 0) is 0 Å². The fraction of sp³-hybridized carbons (Fsp3) is 1.00. The van der Waals surface area contributed by atoms with E-state index in [9.17, 15) is 5.11 Å². The van der Waals surface area contributed by atoms with Gasteiger partial charge in [0.2, 0.25) is 0 Å². The van der Waals surface area contributed by atoms with Gasteiger partial charge in [-0.1, -0.05) is 13.8 Å². The molecular formula is C11H22N2OS. The van der Waals surface area contributed by atoms with Crippen molar-refractivity contribution in [1.29, 1.82) is 0 Å². The minimum Gasteiger partial charge on any atom is -0.390 e. The molecule has 0 aromatic rings. The molecule has 2 saturated heterocycles. The number of rotatable bonds is 1. The van der Waals surface area contributed by atoms with Crippen molar-refractivity contribution in [3.8, 4) is 0 Å². The molecule has 2 aliphatic rings. The molecule has 2 fully saturated rings. The average Bonchev–Trinajstić information content (AvgIpc) is 2.49. The number of aliphatic hydroxyl groups is 1. The molecule has 0 bridgehead atoms. The summed E-state index contributed by atoms with van der Waals surface area (Å²) in [6, 6.07) is 0.347. The Morgan fingerprint density at radius 3 is 2.80 bits per heavy atom. The summed E-state index contributed by atoms with van der Waals surface area (Å²) in [6.45, 7) is 8.61. The zero-order valence-corrected chi connectivity index (χ0v) is 10.5. The first-order valence-corrected chi connectivity index (χ1v) is 6.84. The van der Waals surface area contributed by atoms with Crippen LogP contribution in [0, 0.1) is 0 Å². The molecule has 2 atom stereocenters. The fourth-order valence-electron chi connectivity index (χ4n) is 2.39. The van der Waals surface area contributed by atoms with E-state index < -0.39 is 0 Å². The van der Waals surface area contributed by atoms with Crippen LogP contribution in [-0.4, -0.2) is 58.8 Å². The van der Waals surface area contributed by atoms with Gasteiger partial charge in [-0.25, -0.2) is 0 Å². The summed E-state index contributed by atoms with van der Waals surface area (Å²) in [5.41, 5.74) is 0. The molecule has 2 rings (SSSR count). The molecule has 15 heavy (non-hydrogen) atoms. The van der Waals surface area contributed by atoms with Gasteiger partial charge in [-0.05, 0) is 13.0 Å². The molecule has 0 aromatic heterocycles. The zero-order chi connectivity index (χ0) is 10.9. The Hall–Kier alpha value is 0.230. The standard InChI is InChI=1S/C11H22N2OS/c1-11(2)3-4-13(5-6-15-11)9-7-12-8-10(9)14/h9-10,12,14H,3-8H2,1-2H3. The first-order valence-electron chi connectivity index (χ1n) is 5.85. The van der Waals surface area contributed by atoms with Gasteiger partial charge in [0.1, 0.15) is 0 Å². The van der Waals surface area contributed by atoms with Gasteiger partial charge in [0, 0.05) is 36.2 Å². The van der Waals surface area contributed by atoms with Crippen LogP contribution in [0.3, 0.4) is 0 Å². The van der Waals surface area contributed by atoms with Crippen molar-refractivity contribution in [3.63, 3.8) is 0 Å². The van der Waals surface area contributed by atoms with E-state index in [-0.39, 0.29) is 6.10 Å². The SMILES string of the molecule is CC1(C)CCN(C2CNCC2O)CCS1. The van der Waals surface area contributed by atoms with Crippen molar-refractivity contribution < 1.29 is 5.11 Å². The summed E-state index contributed by atoms with van der Waals surface area (Å²) < 4.78 is 0.408. The Kier molecular flexibility index (Phi) is 3.60. The summed E-state index contributed by atoms with van der Waals surface area (Å²) >= 11 is 2.06. The number of aliphatic hydroxyl groups excluding tert-OH is 1. The molecule has 0 aromatic carbocycles. The number of nitrogens with zero attached hydrogens (tertiary/aromatic N) is 1. The van der Waals surface area contributed by atoms with Crippen molar-refractivity contribution in [2.45, 2.75) is 37.2 Å². The molecule has 0 aliphatic carbocycles. The van der Waals surface area contributed by atoms with Gasteiger partial charge in [0.05, 0.1) is 6.10 Å². The topological polar surface area (TPSA) is 35.5 Å². The third kappa shape index (κ3) is 2.87. The van der Waals surface area contributed by atoms with Crippen molar-refractivity contribution in [1.82, 2.24) is 10.2 Å². The Labute approximate surface area is 96.6 Å². The highest BCUT2D eigenvalue weighted by Crippen LogP contribution is 2.31. The van der Waals surface area contributed by atoms with Gasteiger partial charge < -0.3 is 10.4 Å². The van der Waals surface area contributed by atoms with Gasteiger partial charge in [-0.3, -0.25) is 4.90 Å². The maximum Gasteiger partial charge on any atom is 0.0831 e. The van der Waals surface area contributed by atoms with E-state index in [1.165, 1.54) is 12.2 Å². The van der Waals surface area contributed by atoms with E-state index in [1.54, 1.807) is 0 Å². The van der Waals surface area contributed by atoms with E-state index in [2.05, 4.69) is 35.8 Å². The lowest BCUT2D eigenvalue weighted by molar-refractivity contribution is 0.0863. The highest BCUT2D eigenvalue weighted by atomic mass is 32.2. The number of thioether (sulfide) groups is 1. The first kappa shape index (κ1) is 11.7. The Bertz CT molecular complexity index is 223. The maximum absolute atomic E-state index is 9.85. The van der Waals surface area contributed by atoms with E-state index in [4.69, 9.17) is 0 Å². The molecule has 0 saturated carbocycles. The van der Waals surface area contributed by atoms with E-state index in [0.717, 1.165) is 26.2 Å². The summed E-state index contributed by atoms with van der Waals surface area (Å²) in [5.74, 6) is 1.19. The summed E-state index contributed by atoms with van der Waals surface area (Å²) in [5, 5.41) is 13.1. The second kappa shape index (κ2) is 4.62. The molecular weight excluding hydrogens is 208 g/mol. The highest BCUT2D eigenvalue weighted by molar-refractivity contribution is 8.00. The fourth-order valence-corrected chi connectivity index (χ4v) is 3.51. The molecule has 3 nitrogen and oxygen atoms in total. The third-order valence-corrected chi connectivity index (χ3v) is 4.86. The first-order chi connectivity index (χ1) is 7.08. The molecule has 2 aliphatic heterocycles. The molecule has 0 spiro atoms. The second-order valence-electron chi connectivity index (χ2n) is 5.19. The lowest BCUT2D eigenvalue weighted by Gasteiger charge is -2.29. The second-order valence-corrected chi connectivity index (χ2v) is 6.99. The summed E-state index contributed by atoms with van der Waals surface area (Å²) in [6.07, 6.45) is 1.05. The summed E-state index contributed by atoms with van der Waals surface area (Å²) in [7, 11) is 0. The van der Waals surface area contributed by atoms with Crippen molar-refractivity contribution in [3.05, 3.63) is 0 Å². The molecule has 2 N–H and O–H groups in total. The van der Waals surface area contributed by atoms with Crippen LogP contribution in [0.5, 0.6) is 0 Å². The Morgan fingerprint density at radius 1 is 1.33 bits per heavy atom. The van der Waals surface area contributed by atoms with Crippen LogP contribution >= 0.6 is 11.8 Å². The van der Waals surface area contributed by atoms with E-state index in [1.807, 2.05) is 0 Å².